The molecule has 2 unspecified atom stereocenters. The van der Waals surface area contributed by atoms with E-state index < -0.39 is 0 Å². The zero-order valence-electron chi connectivity index (χ0n) is 9.58. The fourth-order valence-electron chi connectivity index (χ4n) is 1.96. The maximum atomic E-state index is 11.8. The molecule has 2 atom stereocenters. The highest BCUT2D eigenvalue weighted by Crippen LogP contribution is 2.15. The van der Waals surface area contributed by atoms with Crippen molar-refractivity contribution in [3.8, 4) is 0 Å². The van der Waals surface area contributed by atoms with Gasteiger partial charge in [-0.25, -0.2) is 0 Å². The summed E-state index contributed by atoms with van der Waals surface area (Å²) in [7, 11) is 5.84. The van der Waals surface area contributed by atoms with Crippen molar-refractivity contribution in [3.63, 3.8) is 0 Å². The first-order valence-electron chi connectivity index (χ1n) is 5.19. The molecule has 4 nitrogen and oxygen atoms in total. The Morgan fingerprint density at radius 2 is 2.14 bits per heavy atom. The summed E-state index contributed by atoms with van der Waals surface area (Å²) in [5.74, 6) is 0.251. The topological polar surface area (TPSA) is 35.6 Å². The van der Waals surface area contributed by atoms with Gasteiger partial charge in [-0.2, -0.15) is 0 Å². The summed E-state index contributed by atoms with van der Waals surface area (Å²) < 4.78 is 0. The third-order valence-corrected chi connectivity index (χ3v) is 3.05. The SMILES string of the molecule is CNCCC1C(=O)N(C)CC(C)N1C. The van der Waals surface area contributed by atoms with Crippen LogP contribution < -0.4 is 5.32 Å². The number of nitrogens with one attached hydrogen (secondary N) is 1. The van der Waals surface area contributed by atoms with E-state index in [0.29, 0.717) is 6.04 Å². The first-order valence-corrected chi connectivity index (χ1v) is 5.19. The molecule has 0 bridgehead atoms. The minimum Gasteiger partial charge on any atom is -0.343 e. The molecule has 1 aliphatic heterocycles. The highest BCUT2D eigenvalue weighted by molar-refractivity contribution is 5.82. The lowest BCUT2D eigenvalue weighted by Gasteiger charge is -2.41. The molecule has 4 heteroatoms. The summed E-state index contributed by atoms with van der Waals surface area (Å²) in [6.45, 7) is 3.89. The van der Waals surface area contributed by atoms with E-state index in [9.17, 15) is 4.79 Å². The molecule has 1 amide bonds. The van der Waals surface area contributed by atoms with Gasteiger partial charge in [-0.1, -0.05) is 0 Å². The molecule has 0 aliphatic carbocycles. The Morgan fingerprint density at radius 3 is 2.71 bits per heavy atom. The van der Waals surface area contributed by atoms with E-state index in [0.717, 1.165) is 19.5 Å². The van der Waals surface area contributed by atoms with E-state index in [1.165, 1.54) is 0 Å². The maximum absolute atomic E-state index is 11.8. The second-order valence-corrected chi connectivity index (χ2v) is 4.14. The van der Waals surface area contributed by atoms with Gasteiger partial charge in [0.2, 0.25) is 5.91 Å². The van der Waals surface area contributed by atoms with Crippen molar-refractivity contribution in [2.24, 2.45) is 0 Å². The van der Waals surface area contributed by atoms with Crippen molar-refractivity contribution in [1.82, 2.24) is 15.1 Å². The summed E-state index contributed by atoms with van der Waals surface area (Å²) >= 11 is 0. The summed E-state index contributed by atoms with van der Waals surface area (Å²) in [4.78, 5) is 15.9. The predicted octanol–water partition coefficient (Wildman–Crippen LogP) is -0.243. The van der Waals surface area contributed by atoms with Gasteiger partial charge in [-0.3, -0.25) is 9.69 Å². The van der Waals surface area contributed by atoms with Crippen molar-refractivity contribution >= 4 is 5.91 Å². The Morgan fingerprint density at radius 1 is 1.50 bits per heavy atom. The summed E-state index contributed by atoms with van der Waals surface area (Å²) in [5.41, 5.74) is 0. The number of amides is 1. The lowest BCUT2D eigenvalue weighted by atomic mass is 10.0. The number of rotatable bonds is 3. The van der Waals surface area contributed by atoms with E-state index in [1.54, 1.807) is 0 Å². The molecule has 1 saturated heterocycles. The zero-order chi connectivity index (χ0) is 10.7. The molecule has 1 fully saturated rings. The lowest BCUT2D eigenvalue weighted by molar-refractivity contribution is -0.141. The number of hydrogen-bond donors (Lipinski definition) is 1. The van der Waals surface area contributed by atoms with Gasteiger partial charge < -0.3 is 10.2 Å². The van der Waals surface area contributed by atoms with Crippen LogP contribution in [0.2, 0.25) is 0 Å². The van der Waals surface area contributed by atoms with Crippen LogP contribution in [0, 0.1) is 0 Å². The maximum Gasteiger partial charge on any atom is 0.239 e. The fourth-order valence-corrected chi connectivity index (χ4v) is 1.96. The minimum atomic E-state index is 0.0520. The average molecular weight is 199 g/mol. The number of carbonyl (C=O) groups excluding carboxylic acids is 1. The molecule has 0 aromatic rings. The minimum absolute atomic E-state index is 0.0520. The van der Waals surface area contributed by atoms with Crippen LogP contribution in [0.15, 0.2) is 0 Å². The monoisotopic (exact) mass is 199 g/mol. The summed E-state index contributed by atoms with van der Waals surface area (Å²) in [5, 5.41) is 3.09. The molecule has 0 saturated carbocycles. The third kappa shape index (κ3) is 2.25. The molecule has 1 aliphatic rings. The summed E-state index contributed by atoms with van der Waals surface area (Å²) in [6.07, 6.45) is 0.889. The Labute approximate surface area is 86.2 Å². The molecule has 14 heavy (non-hydrogen) atoms. The Balaban J connectivity index is 2.62. The van der Waals surface area contributed by atoms with Crippen LogP contribution in [0.1, 0.15) is 13.3 Å². The van der Waals surface area contributed by atoms with Crippen LogP contribution in [-0.2, 0) is 4.79 Å². The standard InChI is InChI=1S/C10H21N3O/c1-8-7-12(3)10(14)9(13(8)4)5-6-11-2/h8-9,11H,5-7H2,1-4H3. The number of likely N-dealkylation sites (N-methyl/N-ethyl adjacent to an activating group) is 2. The van der Waals surface area contributed by atoms with Crippen molar-refractivity contribution in [2.45, 2.75) is 25.4 Å². The normalized spacial score (nSPS) is 29.7. The predicted molar refractivity (Wildman–Crippen MR) is 57.2 cm³/mol. The van der Waals surface area contributed by atoms with E-state index in [1.807, 2.05) is 26.0 Å². The molecule has 1 N–H and O–H groups in total. The Bertz CT molecular complexity index is 208. The van der Waals surface area contributed by atoms with Crippen LogP contribution in [0.3, 0.4) is 0 Å². The van der Waals surface area contributed by atoms with Crippen molar-refractivity contribution in [2.75, 3.05) is 34.2 Å². The fraction of sp³-hybridized carbons (Fsp3) is 0.900. The lowest BCUT2D eigenvalue weighted by Crippen LogP contribution is -2.58. The number of piperazine rings is 1. The van der Waals surface area contributed by atoms with Crippen LogP contribution in [0.5, 0.6) is 0 Å². The molecule has 0 aromatic heterocycles. The van der Waals surface area contributed by atoms with Crippen molar-refractivity contribution in [1.29, 1.82) is 0 Å². The zero-order valence-corrected chi connectivity index (χ0v) is 9.58. The van der Waals surface area contributed by atoms with Gasteiger partial charge in [0.05, 0.1) is 6.04 Å². The molecule has 1 rings (SSSR count). The molecule has 1 heterocycles. The first kappa shape index (κ1) is 11.5. The molecule has 0 radical (unpaired) electrons. The highest BCUT2D eigenvalue weighted by atomic mass is 16.2. The number of carbonyl (C=O) groups is 1. The molecular formula is C10H21N3O. The second-order valence-electron chi connectivity index (χ2n) is 4.14. The van der Waals surface area contributed by atoms with Crippen LogP contribution in [-0.4, -0.2) is 62.0 Å². The molecule has 0 spiro atoms. The van der Waals surface area contributed by atoms with Gasteiger partial charge in [0.1, 0.15) is 0 Å². The van der Waals surface area contributed by atoms with Gasteiger partial charge in [0, 0.05) is 19.6 Å². The van der Waals surface area contributed by atoms with Gasteiger partial charge in [-0.15, -0.1) is 0 Å². The number of nitrogens with zero attached hydrogens (tertiary/aromatic N) is 2. The van der Waals surface area contributed by atoms with E-state index >= 15 is 0 Å². The van der Waals surface area contributed by atoms with Crippen molar-refractivity contribution in [3.05, 3.63) is 0 Å². The second kappa shape index (κ2) is 4.75. The van der Waals surface area contributed by atoms with Gasteiger partial charge in [0.15, 0.2) is 0 Å². The largest absolute Gasteiger partial charge is 0.343 e. The highest BCUT2D eigenvalue weighted by Gasteiger charge is 2.33. The third-order valence-electron chi connectivity index (χ3n) is 3.05. The molecular weight excluding hydrogens is 178 g/mol. The van der Waals surface area contributed by atoms with E-state index in [-0.39, 0.29) is 11.9 Å². The van der Waals surface area contributed by atoms with Gasteiger partial charge >= 0.3 is 0 Å². The molecule has 82 valence electrons. The van der Waals surface area contributed by atoms with Gasteiger partial charge in [-0.05, 0) is 34.0 Å². The smallest absolute Gasteiger partial charge is 0.239 e. The van der Waals surface area contributed by atoms with Gasteiger partial charge in [0.25, 0.3) is 0 Å². The van der Waals surface area contributed by atoms with E-state index in [2.05, 4.69) is 17.1 Å². The number of hydrogen-bond acceptors (Lipinski definition) is 3. The van der Waals surface area contributed by atoms with Crippen molar-refractivity contribution < 1.29 is 4.79 Å². The van der Waals surface area contributed by atoms with Crippen LogP contribution in [0.25, 0.3) is 0 Å². The quantitative estimate of drug-likeness (QED) is 0.681. The van der Waals surface area contributed by atoms with Crippen LogP contribution >= 0.6 is 0 Å². The molecule has 0 aromatic carbocycles. The van der Waals surface area contributed by atoms with E-state index in [4.69, 9.17) is 0 Å². The first-order chi connectivity index (χ1) is 6.57. The Kier molecular flexibility index (Phi) is 3.89. The Hall–Kier alpha value is -0.610. The van der Waals surface area contributed by atoms with Crippen LogP contribution in [0.4, 0.5) is 0 Å². The average Bonchev–Trinajstić information content (AvgIpc) is 2.15. The summed E-state index contributed by atoms with van der Waals surface area (Å²) in [6, 6.07) is 0.510.